The molecule has 0 aliphatic heterocycles. The van der Waals surface area contributed by atoms with Gasteiger partial charge in [-0.05, 0) is 49.3 Å². The molecular formula is C18H26N4OS. The Morgan fingerprint density at radius 2 is 2.04 bits per heavy atom. The Hall–Kier alpha value is -1.95. The highest BCUT2D eigenvalue weighted by atomic mass is 32.2. The van der Waals surface area contributed by atoms with E-state index in [-0.39, 0.29) is 12.1 Å². The molecule has 2 aromatic rings. The van der Waals surface area contributed by atoms with Crippen LogP contribution in [0.4, 0.5) is 4.79 Å². The lowest BCUT2D eigenvalue weighted by Gasteiger charge is -2.15. The predicted octanol–water partition coefficient (Wildman–Crippen LogP) is 3.44. The molecule has 2 rings (SSSR count). The van der Waals surface area contributed by atoms with E-state index < -0.39 is 0 Å². The third-order valence-corrected chi connectivity index (χ3v) is 4.95. The SMILES string of the molecule is CCSc1ccc(C(C)NC(=O)NCCc2cnn(C)c2C)cc1. The van der Waals surface area contributed by atoms with E-state index in [2.05, 4.69) is 46.9 Å². The fraction of sp³-hybridized carbons (Fsp3) is 0.444. The molecule has 0 spiro atoms. The van der Waals surface area contributed by atoms with E-state index in [0.717, 1.165) is 29.0 Å². The molecule has 1 aromatic heterocycles. The number of hydrogen-bond acceptors (Lipinski definition) is 3. The van der Waals surface area contributed by atoms with Gasteiger partial charge in [-0.1, -0.05) is 19.1 Å². The van der Waals surface area contributed by atoms with E-state index >= 15 is 0 Å². The molecule has 24 heavy (non-hydrogen) atoms. The van der Waals surface area contributed by atoms with Crippen LogP contribution in [-0.2, 0) is 13.5 Å². The Morgan fingerprint density at radius 1 is 1.33 bits per heavy atom. The maximum atomic E-state index is 12.0. The van der Waals surface area contributed by atoms with Crippen molar-refractivity contribution in [1.82, 2.24) is 20.4 Å². The van der Waals surface area contributed by atoms with Gasteiger partial charge < -0.3 is 10.6 Å². The molecule has 0 bridgehead atoms. The van der Waals surface area contributed by atoms with Gasteiger partial charge in [0, 0.05) is 24.2 Å². The van der Waals surface area contributed by atoms with Gasteiger partial charge in [0.2, 0.25) is 0 Å². The maximum Gasteiger partial charge on any atom is 0.315 e. The second-order valence-corrected chi connectivity index (χ2v) is 7.09. The van der Waals surface area contributed by atoms with Gasteiger partial charge in [-0.25, -0.2) is 4.79 Å². The first-order valence-electron chi connectivity index (χ1n) is 8.25. The van der Waals surface area contributed by atoms with Crippen molar-refractivity contribution in [2.75, 3.05) is 12.3 Å². The van der Waals surface area contributed by atoms with Crippen LogP contribution >= 0.6 is 11.8 Å². The molecule has 130 valence electrons. The second-order valence-electron chi connectivity index (χ2n) is 5.75. The zero-order chi connectivity index (χ0) is 17.5. The lowest BCUT2D eigenvalue weighted by Crippen LogP contribution is -2.38. The first kappa shape index (κ1) is 18.4. The minimum atomic E-state index is -0.143. The van der Waals surface area contributed by atoms with E-state index in [4.69, 9.17) is 0 Å². The lowest BCUT2D eigenvalue weighted by atomic mass is 10.1. The van der Waals surface area contributed by atoms with Gasteiger partial charge in [-0.15, -0.1) is 11.8 Å². The molecule has 0 radical (unpaired) electrons. The van der Waals surface area contributed by atoms with Crippen LogP contribution in [0.3, 0.4) is 0 Å². The smallest absolute Gasteiger partial charge is 0.315 e. The third-order valence-electron chi connectivity index (χ3n) is 4.06. The molecule has 0 aliphatic carbocycles. The van der Waals surface area contributed by atoms with Gasteiger partial charge in [0.15, 0.2) is 0 Å². The molecule has 1 unspecified atom stereocenters. The van der Waals surface area contributed by atoms with Crippen molar-refractivity contribution >= 4 is 17.8 Å². The molecule has 0 aliphatic rings. The molecule has 1 atom stereocenters. The van der Waals surface area contributed by atoms with Crippen LogP contribution < -0.4 is 10.6 Å². The number of thioether (sulfide) groups is 1. The average molecular weight is 347 g/mol. The van der Waals surface area contributed by atoms with Gasteiger partial charge in [0.05, 0.1) is 12.2 Å². The highest BCUT2D eigenvalue weighted by molar-refractivity contribution is 7.99. The van der Waals surface area contributed by atoms with Crippen molar-refractivity contribution < 1.29 is 4.79 Å². The average Bonchev–Trinajstić information content (AvgIpc) is 2.88. The molecule has 1 heterocycles. The van der Waals surface area contributed by atoms with E-state index in [1.165, 1.54) is 4.90 Å². The Balaban J connectivity index is 1.77. The van der Waals surface area contributed by atoms with Crippen LogP contribution in [0.25, 0.3) is 0 Å². The van der Waals surface area contributed by atoms with Crippen molar-refractivity contribution in [1.29, 1.82) is 0 Å². The highest BCUT2D eigenvalue weighted by Gasteiger charge is 2.10. The molecule has 2 amide bonds. The Labute approximate surface area is 148 Å². The number of nitrogens with zero attached hydrogens (tertiary/aromatic N) is 2. The van der Waals surface area contributed by atoms with Crippen LogP contribution in [0.1, 0.15) is 36.7 Å². The predicted molar refractivity (Wildman–Crippen MR) is 99.4 cm³/mol. The molecular weight excluding hydrogens is 320 g/mol. The summed E-state index contributed by atoms with van der Waals surface area (Å²) in [5.74, 6) is 1.06. The van der Waals surface area contributed by atoms with Crippen molar-refractivity contribution in [3.63, 3.8) is 0 Å². The molecule has 2 N–H and O–H groups in total. The number of hydrogen-bond donors (Lipinski definition) is 2. The minimum Gasteiger partial charge on any atom is -0.338 e. The first-order valence-corrected chi connectivity index (χ1v) is 9.24. The van der Waals surface area contributed by atoms with Gasteiger partial charge in [0.25, 0.3) is 0 Å². The zero-order valence-electron chi connectivity index (χ0n) is 14.8. The Kier molecular flexibility index (Phi) is 6.73. The quantitative estimate of drug-likeness (QED) is 0.755. The van der Waals surface area contributed by atoms with Crippen molar-refractivity contribution in [3.8, 4) is 0 Å². The molecule has 0 fully saturated rings. The molecule has 5 nitrogen and oxygen atoms in total. The van der Waals surface area contributed by atoms with E-state index in [0.29, 0.717) is 6.54 Å². The summed E-state index contributed by atoms with van der Waals surface area (Å²) in [7, 11) is 1.92. The number of carbonyl (C=O) groups is 1. The van der Waals surface area contributed by atoms with Gasteiger partial charge >= 0.3 is 6.03 Å². The number of amides is 2. The number of aryl methyl sites for hydroxylation is 1. The van der Waals surface area contributed by atoms with Crippen LogP contribution in [0.5, 0.6) is 0 Å². The number of carbonyl (C=O) groups excluding carboxylic acids is 1. The van der Waals surface area contributed by atoms with Crippen molar-refractivity contribution in [3.05, 3.63) is 47.3 Å². The highest BCUT2D eigenvalue weighted by Crippen LogP contribution is 2.20. The van der Waals surface area contributed by atoms with Gasteiger partial charge in [0.1, 0.15) is 0 Å². The number of nitrogens with one attached hydrogen (secondary N) is 2. The van der Waals surface area contributed by atoms with Crippen molar-refractivity contribution in [2.45, 2.75) is 38.1 Å². The fourth-order valence-corrected chi connectivity index (χ4v) is 3.11. The molecule has 0 saturated carbocycles. The van der Waals surface area contributed by atoms with Crippen LogP contribution in [-0.4, -0.2) is 28.1 Å². The van der Waals surface area contributed by atoms with Crippen LogP contribution in [0.15, 0.2) is 35.4 Å². The monoisotopic (exact) mass is 346 g/mol. The Bertz CT molecular complexity index is 666. The minimum absolute atomic E-state index is 0.0224. The fourth-order valence-electron chi connectivity index (χ4n) is 2.45. The summed E-state index contributed by atoms with van der Waals surface area (Å²) >= 11 is 1.81. The van der Waals surface area contributed by atoms with Crippen LogP contribution in [0, 0.1) is 6.92 Å². The molecule has 6 heteroatoms. The standard InChI is InChI=1S/C18H26N4OS/c1-5-24-17-8-6-15(7-9-17)13(2)21-18(23)19-11-10-16-12-20-22(4)14(16)3/h6-9,12-13H,5,10-11H2,1-4H3,(H2,19,21,23). The summed E-state index contributed by atoms with van der Waals surface area (Å²) in [4.78, 5) is 13.3. The van der Waals surface area contributed by atoms with Crippen molar-refractivity contribution in [2.24, 2.45) is 7.05 Å². The summed E-state index contributed by atoms with van der Waals surface area (Å²) in [6.45, 7) is 6.76. The van der Waals surface area contributed by atoms with E-state index in [1.54, 1.807) is 0 Å². The zero-order valence-corrected chi connectivity index (χ0v) is 15.6. The number of benzene rings is 1. The number of rotatable bonds is 7. The summed E-state index contributed by atoms with van der Waals surface area (Å²) in [5, 5.41) is 10.1. The summed E-state index contributed by atoms with van der Waals surface area (Å²) < 4.78 is 1.85. The summed E-state index contributed by atoms with van der Waals surface area (Å²) in [5.41, 5.74) is 3.40. The number of aromatic nitrogens is 2. The summed E-state index contributed by atoms with van der Waals surface area (Å²) in [6.07, 6.45) is 2.64. The lowest BCUT2D eigenvalue weighted by molar-refractivity contribution is 0.238. The summed E-state index contributed by atoms with van der Waals surface area (Å²) in [6, 6.07) is 8.18. The second kappa shape index (κ2) is 8.78. The van der Waals surface area contributed by atoms with E-state index in [9.17, 15) is 4.79 Å². The van der Waals surface area contributed by atoms with Crippen LogP contribution in [0.2, 0.25) is 0 Å². The normalized spacial score (nSPS) is 12.0. The molecule has 1 aromatic carbocycles. The Morgan fingerprint density at radius 3 is 2.62 bits per heavy atom. The first-order chi connectivity index (χ1) is 11.5. The van der Waals surface area contributed by atoms with Gasteiger partial charge in [-0.2, -0.15) is 5.10 Å². The topological polar surface area (TPSA) is 59.0 Å². The third kappa shape index (κ3) is 5.03. The van der Waals surface area contributed by atoms with E-state index in [1.807, 2.05) is 43.5 Å². The number of urea groups is 1. The largest absolute Gasteiger partial charge is 0.338 e. The maximum absolute atomic E-state index is 12.0. The molecule has 0 saturated heterocycles. The van der Waals surface area contributed by atoms with Gasteiger partial charge in [-0.3, -0.25) is 4.68 Å².